The number of benzene rings is 2. The summed E-state index contributed by atoms with van der Waals surface area (Å²) in [6.07, 6.45) is -9.28. The second kappa shape index (κ2) is 7.85. The zero-order valence-corrected chi connectivity index (χ0v) is 17.6. The van der Waals surface area contributed by atoms with Crippen molar-refractivity contribution in [3.8, 4) is 22.8 Å². The molecule has 0 aliphatic carbocycles. The molecule has 0 saturated carbocycles. The largest absolute Gasteiger partial charge is 0.481 e. The maximum atomic E-state index is 13.2. The summed E-state index contributed by atoms with van der Waals surface area (Å²) in [4.78, 5) is 15.2. The number of fused-ring (bicyclic) bond motifs is 3. The molecule has 182 valence electrons. The highest BCUT2D eigenvalue weighted by molar-refractivity contribution is 5.86. The molecule has 0 bridgehead atoms. The molecular weight excluding hydrogens is 480 g/mol. The number of hydrogen-bond donors (Lipinski definition) is 1. The Labute approximate surface area is 192 Å². The maximum absolute atomic E-state index is 13.2. The quantitative estimate of drug-likeness (QED) is 0.334. The molecule has 6 nitrogen and oxygen atoms in total. The van der Waals surface area contributed by atoms with Gasteiger partial charge >= 0.3 is 18.3 Å². The van der Waals surface area contributed by atoms with Gasteiger partial charge in [0.2, 0.25) is 5.82 Å². The Morgan fingerprint density at radius 1 is 1.00 bits per heavy atom. The van der Waals surface area contributed by atoms with Crippen LogP contribution in [0.2, 0.25) is 0 Å². The van der Waals surface area contributed by atoms with Crippen molar-refractivity contribution < 1.29 is 40.8 Å². The number of aliphatic carboxylic acids is 1. The van der Waals surface area contributed by atoms with Crippen LogP contribution in [0.1, 0.15) is 35.6 Å². The monoisotopic (exact) mass is 495 g/mol. The lowest BCUT2D eigenvalue weighted by Crippen LogP contribution is -2.11. The molecule has 0 fully saturated rings. The molecule has 1 atom stereocenters. The number of aryl methyl sites for hydroxylation is 1. The fourth-order valence-corrected chi connectivity index (χ4v) is 4.41. The van der Waals surface area contributed by atoms with Gasteiger partial charge in [-0.1, -0.05) is 5.16 Å². The van der Waals surface area contributed by atoms with E-state index in [1.807, 2.05) is 10.6 Å². The van der Waals surface area contributed by atoms with Gasteiger partial charge in [0, 0.05) is 40.2 Å². The van der Waals surface area contributed by atoms with E-state index in [1.54, 1.807) is 18.2 Å². The highest BCUT2D eigenvalue weighted by Crippen LogP contribution is 2.40. The number of carbonyl (C=O) groups is 1. The molecule has 12 heteroatoms. The van der Waals surface area contributed by atoms with Crippen molar-refractivity contribution in [2.75, 3.05) is 0 Å². The lowest BCUT2D eigenvalue weighted by molar-refractivity contribution is -0.143. The second-order valence-corrected chi connectivity index (χ2v) is 8.30. The molecule has 0 spiro atoms. The first-order valence-electron chi connectivity index (χ1n) is 10.4. The Morgan fingerprint density at radius 3 is 2.31 bits per heavy atom. The number of hydrogen-bond acceptors (Lipinski definition) is 4. The third kappa shape index (κ3) is 4.24. The van der Waals surface area contributed by atoms with E-state index in [-0.39, 0.29) is 24.2 Å². The first-order chi connectivity index (χ1) is 16.4. The molecule has 0 amide bonds. The van der Waals surface area contributed by atoms with E-state index in [1.165, 1.54) is 0 Å². The Kier molecular flexibility index (Phi) is 5.15. The minimum Gasteiger partial charge on any atom is -0.481 e. The number of rotatable bonds is 4. The summed E-state index contributed by atoms with van der Waals surface area (Å²) >= 11 is 0. The number of nitrogens with zero attached hydrogens (tertiary/aromatic N) is 3. The third-order valence-corrected chi connectivity index (χ3v) is 5.99. The molecule has 0 radical (unpaired) electrons. The van der Waals surface area contributed by atoms with Crippen molar-refractivity contribution in [1.82, 2.24) is 14.7 Å². The van der Waals surface area contributed by atoms with Crippen molar-refractivity contribution in [3.63, 3.8) is 0 Å². The molecule has 1 N–H and O–H groups in total. The van der Waals surface area contributed by atoms with Crippen LogP contribution in [0.4, 0.5) is 26.3 Å². The summed E-state index contributed by atoms with van der Waals surface area (Å²) in [5.74, 6) is -1.51. The van der Waals surface area contributed by atoms with Crippen LogP contribution in [0.15, 0.2) is 47.0 Å². The van der Waals surface area contributed by atoms with Gasteiger partial charge in [0.25, 0.3) is 5.89 Å². The van der Waals surface area contributed by atoms with Crippen LogP contribution >= 0.6 is 0 Å². The van der Waals surface area contributed by atoms with E-state index in [2.05, 4.69) is 10.1 Å². The number of carboxylic acid groups (broad SMARTS) is 1. The minimum absolute atomic E-state index is 0.00822. The lowest BCUT2D eigenvalue weighted by atomic mass is 10.00. The van der Waals surface area contributed by atoms with E-state index >= 15 is 0 Å². The average Bonchev–Trinajstić information content (AvgIpc) is 3.48. The van der Waals surface area contributed by atoms with E-state index in [0.717, 1.165) is 16.6 Å². The molecule has 3 heterocycles. The fourth-order valence-electron chi connectivity index (χ4n) is 4.41. The number of alkyl halides is 6. The van der Waals surface area contributed by atoms with Gasteiger partial charge in [-0.05, 0) is 48.9 Å². The van der Waals surface area contributed by atoms with Crippen molar-refractivity contribution in [3.05, 3.63) is 59.3 Å². The first-order valence-corrected chi connectivity index (χ1v) is 10.4. The van der Waals surface area contributed by atoms with Gasteiger partial charge in [0.1, 0.15) is 0 Å². The SMILES string of the molecule is O=C(O)C[C@H]1CCn2c1cc1cc(-c3noc(-c4cc(C(F)(F)F)cc(C(F)(F)F)c4)n3)ccc12. The molecule has 5 rings (SSSR count). The van der Waals surface area contributed by atoms with Gasteiger partial charge in [0.15, 0.2) is 0 Å². The molecule has 0 unspecified atom stereocenters. The molecule has 1 aliphatic heterocycles. The average molecular weight is 495 g/mol. The van der Waals surface area contributed by atoms with Crippen LogP contribution in [-0.4, -0.2) is 25.8 Å². The predicted octanol–water partition coefficient (Wildman–Crippen LogP) is 6.36. The van der Waals surface area contributed by atoms with Crippen molar-refractivity contribution in [1.29, 1.82) is 0 Å². The highest BCUT2D eigenvalue weighted by Gasteiger charge is 2.37. The standard InChI is InChI=1S/C23H15F6N3O3/c24-22(25,26)15-6-14(7-16(10-15)23(27,28)29)21-30-20(31-35-21)12-1-2-17-13(5-12)8-18-11(9-19(33)34)3-4-32(17)18/h1-2,5-8,10-11H,3-4,9H2,(H,33,34)/t11-/m1/s1. The summed E-state index contributed by atoms with van der Waals surface area (Å²) in [7, 11) is 0. The molecule has 1 aliphatic rings. The Morgan fingerprint density at radius 2 is 1.69 bits per heavy atom. The van der Waals surface area contributed by atoms with Crippen molar-refractivity contribution >= 4 is 16.9 Å². The van der Waals surface area contributed by atoms with Crippen LogP contribution in [0.25, 0.3) is 33.7 Å². The third-order valence-electron chi connectivity index (χ3n) is 5.99. The van der Waals surface area contributed by atoms with Gasteiger partial charge in [-0.2, -0.15) is 31.3 Å². The van der Waals surface area contributed by atoms with E-state index in [9.17, 15) is 31.1 Å². The Bertz CT molecular complexity index is 1420. The summed E-state index contributed by atoms with van der Waals surface area (Å²) in [6, 6.07) is 8.08. The zero-order valence-electron chi connectivity index (χ0n) is 17.6. The number of aromatic nitrogens is 3. The Hall–Kier alpha value is -3.83. The summed E-state index contributed by atoms with van der Waals surface area (Å²) < 4.78 is 86.0. The molecule has 35 heavy (non-hydrogen) atoms. The normalized spacial score (nSPS) is 16.1. The minimum atomic E-state index is -5.00. The lowest BCUT2D eigenvalue weighted by Gasteiger charge is -2.12. The molecule has 0 saturated heterocycles. The van der Waals surface area contributed by atoms with Gasteiger partial charge < -0.3 is 14.2 Å². The fraction of sp³-hybridized carbons (Fsp3) is 0.261. The van der Waals surface area contributed by atoms with Crippen LogP contribution in [0.3, 0.4) is 0 Å². The number of halogens is 6. The highest BCUT2D eigenvalue weighted by atomic mass is 19.4. The smallest absolute Gasteiger partial charge is 0.416 e. The zero-order chi connectivity index (χ0) is 25.1. The summed E-state index contributed by atoms with van der Waals surface area (Å²) in [5, 5.41) is 13.6. The Balaban J connectivity index is 1.51. The van der Waals surface area contributed by atoms with E-state index in [0.29, 0.717) is 30.7 Å². The number of carboxylic acids is 1. The molecule has 2 aromatic heterocycles. The van der Waals surface area contributed by atoms with Crippen LogP contribution < -0.4 is 0 Å². The topological polar surface area (TPSA) is 81.1 Å². The van der Waals surface area contributed by atoms with Gasteiger partial charge in [-0.3, -0.25) is 4.79 Å². The van der Waals surface area contributed by atoms with Crippen LogP contribution in [0.5, 0.6) is 0 Å². The predicted molar refractivity (Wildman–Crippen MR) is 110 cm³/mol. The molecule has 4 aromatic rings. The van der Waals surface area contributed by atoms with Gasteiger partial charge in [-0.25, -0.2) is 0 Å². The van der Waals surface area contributed by atoms with Crippen LogP contribution in [0, 0.1) is 0 Å². The van der Waals surface area contributed by atoms with Crippen molar-refractivity contribution in [2.24, 2.45) is 0 Å². The molecular formula is C23H15F6N3O3. The summed E-state index contributed by atoms with van der Waals surface area (Å²) in [5.41, 5.74) is -1.28. The molecule has 2 aromatic carbocycles. The first kappa shape index (κ1) is 22.9. The maximum Gasteiger partial charge on any atom is 0.416 e. The summed E-state index contributed by atoms with van der Waals surface area (Å²) in [6.45, 7) is 0.666. The van der Waals surface area contributed by atoms with Crippen molar-refractivity contribution in [2.45, 2.75) is 37.7 Å². The van der Waals surface area contributed by atoms with Gasteiger partial charge in [0.05, 0.1) is 17.5 Å². The van der Waals surface area contributed by atoms with E-state index in [4.69, 9.17) is 9.63 Å². The second-order valence-electron chi connectivity index (χ2n) is 8.30. The van der Waals surface area contributed by atoms with Crippen LogP contribution in [-0.2, 0) is 23.7 Å². The van der Waals surface area contributed by atoms with E-state index < -0.39 is 40.9 Å². The van der Waals surface area contributed by atoms with Gasteiger partial charge in [-0.15, -0.1) is 0 Å².